The summed E-state index contributed by atoms with van der Waals surface area (Å²) in [5.74, 6) is -0.0252. The van der Waals surface area contributed by atoms with Crippen molar-refractivity contribution in [2.45, 2.75) is 47.8 Å². The predicted molar refractivity (Wildman–Crippen MR) is 178 cm³/mol. The molecule has 0 heterocycles. The highest BCUT2D eigenvalue weighted by Crippen LogP contribution is 2.71. The largest absolute Gasteiger partial charge is 0.299 e. The Morgan fingerprint density at radius 1 is 0.705 bits per heavy atom. The fourth-order valence-corrected chi connectivity index (χ4v) is 13.7. The Hall–Kier alpha value is -3.71. The van der Waals surface area contributed by atoms with Gasteiger partial charge in [0.1, 0.15) is 5.78 Å². The Morgan fingerprint density at radius 2 is 1.27 bits per heavy atom. The first-order valence-electron chi connectivity index (χ1n) is 15.2. The molecule has 0 spiro atoms. The van der Waals surface area contributed by atoms with E-state index in [-0.39, 0.29) is 17.5 Å². The van der Waals surface area contributed by atoms with Gasteiger partial charge in [0.2, 0.25) is 0 Å². The van der Waals surface area contributed by atoms with Gasteiger partial charge in [-0.1, -0.05) is 105 Å². The molecule has 0 saturated heterocycles. The molecule has 0 radical (unpaired) electrons. The number of fused-ring (bicyclic) bond motifs is 3. The van der Waals surface area contributed by atoms with Crippen molar-refractivity contribution in [1.82, 2.24) is 0 Å². The molecule has 5 aromatic carbocycles. The molecule has 2 atom stereocenters. The monoisotopic (exact) mass is 620 g/mol. The molecule has 2 aliphatic carbocycles. The van der Waals surface area contributed by atoms with E-state index in [4.69, 9.17) is 3.63 Å². The van der Waals surface area contributed by atoms with Crippen molar-refractivity contribution in [3.8, 4) is 11.1 Å². The van der Waals surface area contributed by atoms with Crippen LogP contribution in [0.5, 0.6) is 0 Å². The number of benzene rings is 5. The molecule has 0 aromatic heterocycles. The van der Waals surface area contributed by atoms with Crippen LogP contribution in [0.15, 0.2) is 142 Å². The minimum Gasteiger partial charge on any atom is -0.299 e. The summed E-state index contributed by atoms with van der Waals surface area (Å²) in [6.45, 7) is 4.12. The zero-order valence-corrected chi connectivity index (χ0v) is 26.6. The molecule has 2 aliphatic rings. The molecule has 0 amide bonds. The summed E-state index contributed by atoms with van der Waals surface area (Å²) in [5.41, 5.74) is 0.836. The van der Waals surface area contributed by atoms with Gasteiger partial charge in [-0.15, -0.1) is 0 Å². The van der Waals surface area contributed by atoms with Gasteiger partial charge in [0, 0.05) is 21.1 Å². The molecule has 2 bridgehead atoms. The normalized spacial score (nSPS) is 21.5. The molecule has 6 heteroatoms. The third-order valence-corrected chi connectivity index (χ3v) is 15.5. The number of hydrogen-bond donors (Lipinski definition) is 0. The van der Waals surface area contributed by atoms with Gasteiger partial charge in [-0.05, 0) is 92.8 Å². The molecule has 224 valence electrons. The minimum absolute atomic E-state index is 0.0605. The van der Waals surface area contributed by atoms with E-state index in [1.807, 2.05) is 84.9 Å². The van der Waals surface area contributed by atoms with E-state index in [9.17, 15) is 13.2 Å². The van der Waals surface area contributed by atoms with E-state index in [1.54, 1.807) is 0 Å². The van der Waals surface area contributed by atoms with Gasteiger partial charge in [0.25, 0.3) is 10.1 Å². The fraction of sp³-hybridized carbons (Fsp3) is 0.237. The van der Waals surface area contributed by atoms with Crippen molar-refractivity contribution in [2.24, 2.45) is 16.7 Å². The van der Waals surface area contributed by atoms with Gasteiger partial charge in [-0.25, -0.2) is 3.63 Å². The number of hydrogen-bond acceptors (Lipinski definition) is 4. The van der Waals surface area contributed by atoms with E-state index >= 15 is 0 Å². The van der Waals surface area contributed by atoms with Crippen molar-refractivity contribution in [3.05, 3.63) is 127 Å². The average molecular weight is 621 g/mol. The van der Waals surface area contributed by atoms with Crippen molar-refractivity contribution < 1.29 is 16.8 Å². The lowest BCUT2D eigenvalue weighted by molar-refractivity contribution is -0.128. The predicted octanol–water partition coefficient (Wildman–Crippen LogP) is 9.45. The molecular formula is C38H36O4S2. The zero-order chi connectivity index (χ0) is 30.6. The average Bonchev–Trinajstić information content (AvgIpc) is 3.38. The standard InChI is InChI=1S/C38H36O4S2/c1-37(2)30-24-25-38(37,36(39)26-30)27-43(40,41)42-44(31-14-5-3-6-15-31,32-16-7-4-8-17-32)33-22-20-29(21-23-33)35-19-11-13-28-12-9-10-18-34(28)35/h3-23,30H,24-27H2,1-2H3. The first kappa shape index (κ1) is 29.0. The molecule has 7 rings (SSSR count). The van der Waals surface area contributed by atoms with E-state index in [0.29, 0.717) is 12.8 Å². The molecule has 2 saturated carbocycles. The molecule has 0 aliphatic heterocycles. The van der Waals surface area contributed by atoms with Crippen LogP contribution in [-0.4, -0.2) is 20.0 Å². The molecule has 2 fully saturated rings. The quantitative estimate of drug-likeness (QED) is 0.173. The van der Waals surface area contributed by atoms with Gasteiger partial charge in [0.05, 0.1) is 11.2 Å². The Bertz CT molecular complexity index is 1910. The summed E-state index contributed by atoms with van der Waals surface area (Å²) in [4.78, 5) is 15.7. The van der Waals surface area contributed by atoms with Gasteiger partial charge in [-0.2, -0.15) is 8.42 Å². The van der Waals surface area contributed by atoms with Crippen molar-refractivity contribution >= 4 is 37.0 Å². The summed E-state index contributed by atoms with van der Waals surface area (Å²) in [7, 11) is -6.94. The maximum absolute atomic E-state index is 14.4. The van der Waals surface area contributed by atoms with E-state index in [1.165, 1.54) is 0 Å². The third kappa shape index (κ3) is 4.54. The van der Waals surface area contributed by atoms with E-state index in [0.717, 1.165) is 43.0 Å². The summed E-state index contributed by atoms with van der Waals surface area (Å²) >= 11 is 0. The minimum atomic E-state index is -4.19. The highest BCUT2D eigenvalue weighted by atomic mass is 32.3. The Morgan fingerprint density at radius 3 is 1.86 bits per heavy atom. The van der Waals surface area contributed by atoms with Crippen molar-refractivity contribution in [3.63, 3.8) is 0 Å². The van der Waals surface area contributed by atoms with Crippen LogP contribution < -0.4 is 0 Å². The summed E-state index contributed by atoms with van der Waals surface area (Å²) in [5, 5.41) is 2.32. The summed E-state index contributed by atoms with van der Waals surface area (Å²) < 4.78 is 35.5. The Kier molecular flexibility index (Phi) is 7.07. The lowest BCUT2D eigenvalue weighted by Gasteiger charge is -2.41. The first-order chi connectivity index (χ1) is 21.2. The van der Waals surface area contributed by atoms with E-state index in [2.05, 4.69) is 56.3 Å². The molecule has 44 heavy (non-hydrogen) atoms. The van der Waals surface area contributed by atoms with Crippen molar-refractivity contribution in [2.75, 3.05) is 5.75 Å². The number of rotatable bonds is 8. The number of carbonyl (C=O) groups is 1. The number of ketones is 1. The fourth-order valence-electron chi connectivity index (χ4n) is 7.64. The third-order valence-electron chi connectivity index (χ3n) is 10.2. The molecular weight excluding hydrogens is 585 g/mol. The van der Waals surface area contributed by atoms with Crippen LogP contribution >= 0.6 is 10.3 Å². The Labute approximate surface area is 261 Å². The topological polar surface area (TPSA) is 60.4 Å². The van der Waals surface area contributed by atoms with Crippen LogP contribution in [0.4, 0.5) is 0 Å². The number of carbonyl (C=O) groups excluding carboxylic acids is 1. The van der Waals surface area contributed by atoms with Crippen molar-refractivity contribution in [1.29, 1.82) is 0 Å². The molecule has 5 aromatic rings. The summed E-state index contributed by atoms with van der Waals surface area (Å²) in [6.07, 6.45) is 1.91. The lowest BCUT2D eigenvalue weighted by atomic mass is 9.70. The highest BCUT2D eigenvalue weighted by Gasteiger charge is 2.65. The molecule has 0 N–H and O–H groups in total. The second-order valence-corrected chi connectivity index (χ2v) is 17.1. The lowest BCUT2D eigenvalue weighted by Crippen LogP contribution is -2.42. The second kappa shape index (κ2) is 10.7. The zero-order valence-electron chi connectivity index (χ0n) is 25.0. The van der Waals surface area contributed by atoms with Crippen LogP contribution in [0.25, 0.3) is 21.9 Å². The van der Waals surface area contributed by atoms with Crippen LogP contribution in [0.2, 0.25) is 0 Å². The van der Waals surface area contributed by atoms with E-state index < -0.39 is 31.3 Å². The van der Waals surface area contributed by atoms with Gasteiger partial charge in [-0.3, -0.25) is 4.79 Å². The second-order valence-electron chi connectivity index (χ2n) is 12.7. The molecule has 2 unspecified atom stereocenters. The maximum Gasteiger partial charge on any atom is 0.278 e. The first-order valence-corrected chi connectivity index (χ1v) is 18.3. The SMILES string of the molecule is CC1(C)C2CCC1(CS(=O)(=O)OS(c1ccccc1)(c1ccccc1)c1ccc(-c3cccc4ccccc34)cc1)C(=O)C2. The van der Waals surface area contributed by atoms with Crippen LogP contribution in [-0.2, 0) is 18.5 Å². The van der Waals surface area contributed by atoms with Gasteiger partial charge in [0.15, 0.2) is 0 Å². The van der Waals surface area contributed by atoms with Gasteiger partial charge >= 0.3 is 0 Å². The smallest absolute Gasteiger partial charge is 0.278 e. The number of Topliss-reactive ketones (excluding diaryl/α,β-unsaturated/α-hetero) is 1. The van der Waals surface area contributed by atoms with Gasteiger partial charge < -0.3 is 0 Å². The highest BCUT2D eigenvalue weighted by molar-refractivity contribution is 8.33. The Balaban J connectivity index is 1.38. The van der Waals surface area contributed by atoms with Crippen LogP contribution in [0.3, 0.4) is 0 Å². The maximum atomic E-state index is 14.4. The molecule has 4 nitrogen and oxygen atoms in total. The van der Waals surface area contributed by atoms with Crippen LogP contribution in [0.1, 0.15) is 33.1 Å². The van der Waals surface area contributed by atoms with Crippen LogP contribution in [0, 0.1) is 16.7 Å². The summed E-state index contributed by atoms with van der Waals surface area (Å²) in [6, 6.07) is 42.1.